The Morgan fingerprint density at radius 2 is 1.89 bits per heavy atom. The standard InChI is InChI=1S/C23H27N3O2/c1-21-9-16-10-22(2,13-21)15-23(11-16,14-21)20(27)26-17-4-3-5-18(8-17)28-19-12-24-6-7-25-19/h3-8,12,16H,9-11,13-15H2,1-2H3,(H,26,27). The summed E-state index contributed by atoms with van der Waals surface area (Å²) in [5.74, 6) is 1.96. The number of carbonyl (C=O) groups excluding carboxylic acids is 1. The Balaban J connectivity index is 1.35. The van der Waals surface area contributed by atoms with Crippen LogP contribution in [-0.2, 0) is 4.79 Å². The normalized spacial score (nSPS) is 35.6. The topological polar surface area (TPSA) is 64.1 Å². The first-order valence-corrected chi connectivity index (χ1v) is 10.2. The first kappa shape index (κ1) is 17.7. The predicted octanol–water partition coefficient (Wildman–Crippen LogP) is 5.20. The van der Waals surface area contributed by atoms with Crippen LogP contribution in [-0.4, -0.2) is 15.9 Å². The fourth-order valence-corrected chi connectivity index (χ4v) is 7.06. The van der Waals surface area contributed by atoms with E-state index in [0.717, 1.165) is 24.9 Å². The summed E-state index contributed by atoms with van der Waals surface area (Å²) in [4.78, 5) is 21.6. The number of hydrogen-bond acceptors (Lipinski definition) is 4. The van der Waals surface area contributed by atoms with Crippen molar-refractivity contribution in [3.8, 4) is 11.6 Å². The van der Waals surface area contributed by atoms with Crippen molar-refractivity contribution in [2.75, 3.05) is 5.32 Å². The number of benzene rings is 1. The molecule has 0 aliphatic heterocycles. The quantitative estimate of drug-likeness (QED) is 0.795. The molecule has 5 heteroatoms. The van der Waals surface area contributed by atoms with Crippen molar-refractivity contribution in [3.05, 3.63) is 42.9 Å². The molecular formula is C23H27N3O2. The van der Waals surface area contributed by atoms with E-state index < -0.39 is 0 Å². The third kappa shape index (κ3) is 3.07. The molecule has 4 bridgehead atoms. The van der Waals surface area contributed by atoms with Crippen molar-refractivity contribution in [2.45, 2.75) is 52.4 Å². The minimum Gasteiger partial charge on any atom is -0.437 e. The fraction of sp³-hybridized carbons (Fsp3) is 0.522. The van der Waals surface area contributed by atoms with Crippen molar-refractivity contribution >= 4 is 11.6 Å². The van der Waals surface area contributed by atoms with Gasteiger partial charge in [0.1, 0.15) is 5.75 Å². The zero-order valence-electron chi connectivity index (χ0n) is 16.6. The Morgan fingerprint density at radius 1 is 1.11 bits per heavy atom. The van der Waals surface area contributed by atoms with Crippen LogP contribution in [0, 0.1) is 22.2 Å². The highest BCUT2D eigenvalue weighted by Gasteiger charge is 2.62. The molecule has 146 valence electrons. The summed E-state index contributed by atoms with van der Waals surface area (Å²) in [6.45, 7) is 4.79. The van der Waals surface area contributed by atoms with Gasteiger partial charge < -0.3 is 10.1 Å². The van der Waals surface area contributed by atoms with E-state index in [-0.39, 0.29) is 11.3 Å². The summed E-state index contributed by atoms with van der Waals surface area (Å²) in [6.07, 6.45) is 11.7. The van der Waals surface area contributed by atoms with Crippen LogP contribution in [0.4, 0.5) is 5.69 Å². The van der Waals surface area contributed by atoms with Gasteiger partial charge >= 0.3 is 0 Å². The van der Waals surface area contributed by atoms with Crippen LogP contribution in [0.3, 0.4) is 0 Å². The lowest BCUT2D eigenvalue weighted by atomic mass is 9.40. The Bertz CT molecular complexity index is 895. The Kier molecular flexibility index (Phi) is 3.80. The van der Waals surface area contributed by atoms with Gasteiger partial charge in [0.15, 0.2) is 0 Å². The molecule has 4 aliphatic rings. The largest absolute Gasteiger partial charge is 0.437 e. The lowest BCUT2D eigenvalue weighted by Gasteiger charge is -2.64. The molecule has 1 aromatic carbocycles. The van der Waals surface area contributed by atoms with Crippen LogP contribution in [0.5, 0.6) is 11.6 Å². The van der Waals surface area contributed by atoms with Crippen molar-refractivity contribution < 1.29 is 9.53 Å². The van der Waals surface area contributed by atoms with E-state index in [9.17, 15) is 4.79 Å². The van der Waals surface area contributed by atoms with Crippen LogP contribution in [0.15, 0.2) is 42.9 Å². The number of aromatic nitrogens is 2. The lowest BCUT2D eigenvalue weighted by molar-refractivity contribution is -0.165. The molecule has 1 N–H and O–H groups in total. The Morgan fingerprint density at radius 3 is 2.57 bits per heavy atom. The Hall–Kier alpha value is -2.43. The molecule has 0 spiro atoms. The van der Waals surface area contributed by atoms with Crippen molar-refractivity contribution in [1.29, 1.82) is 0 Å². The lowest BCUT2D eigenvalue weighted by Crippen LogP contribution is -2.58. The number of rotatable bonds is 4. The predicted molar refractivity (Wildman–Crippen MR) is 107 cm³/mol. The van der Waals surface area contributed by atoms with E-state index in [1.165, 1.54) is 19.3 Å². The molecule has 1 amide bonds. The second kappa shape index (κ2) is 6.03. The van der Waals surface area contributed by atoms with Gasteiger partial charge in [-0.25, -0.2) is 4.98 Å². The third-order valence-electron chi connectivity index (χ3n) is 6.96. The minimum atomic E-state index is -0.218. The van der Waals surface area contributed by atoms with Gasteiger partial charge in [-0.15, -0.1) is 0 Å². The highest BCUT2D eigenvalue weighted by atomic mass is 16.5. The molecule has 2 unspecified atom stereocenters. The zero-order chi connectivity index (χ0) is 19.4. The SMILES string of the molecule is CC12CC3CC(C)(C1)CC(C(=O)Nc1cccc(Oc4cnccn4)c1)(C3)C2. The fourth-order valence-electron chi connectivity index (χ4n) is 7.06. The van der Waals surface area contributed by atoms with E-state index in [1.807, 2.05) is 24.3 Å². The molecule has 1 aromatic heterocycles. The first-order valence-electron chi connectivity index (χ1n) is 10.2. The molecule has 0 radical (unpaired) electrons. The minimum absolute atomic E-state index is 0.186. The number of nitrogens with one attached hydrogen (secondary N) is 1. The molecule has 2 aromatic rings. The highest BCUT2D eigenvalue weighted by molar-refractivity contribution is 5.96. The molecule has 4 fully saturated rings. The van der Waals surface area contributed by atoms with Gasteiger partial charge in [-0.05, 0) is 67.4 Å². The number of ether oxygens (including phenoxy) is 1. The molecule has 4 saturated carbocycles. The molecule has 5 nitrogen and oxygen atoms in total. The average Bonchev–Trinajstić information content (AvgIpc) is 2.60. The maximum atomic E-state index is 13.4. The van der Waals surface area contributed by atoms with Crippen LogP contribution in [0.2, 0.25) is 0 Å². The van der Waals surface area contributed by atoms with Gasteiger partial charge in [0.25, 0.3) is 0 Å². The summed E-state index contributed by atoms with van der Waals surface area (Å²) < 4.78 is 5.76. The third-order valence-corrected chi connectivity index (χ3v) is 6.96. The number of carbonyl (C=O) groups is 1. The van der Waals surface area contributed by atoms with E-state index in [2.05, 4.69) is 29.1 Å². The first-order chi connectivity index (χ1) is 13.4. The van der Waals surface area contributed by atoms with Crippen LogP contribution < -0.4 is 10.1 Å². The smallest absolute Gasteiger partial charge is 0.237 e. The van der Waals surface area contributed by atoms with Gasteiger partial charge in [0.2, 0.25) is 11.8 Å². The number of nitrogens with zero attached hydrogens (tertiary/aromatic N) is 2. The summed E-state index contributed by atoms with van der Waals surface area (Å²) in [7, 11) is 0. The van der Waals surface area contributed by atoms with Gasteiger partial charge in [-0.2, -0.15) is 0 Å². The Labute approximate surface area is 165 Å². The maximum Gasteiger partial charge on any atom is 0.237 e. The van der Waals surface area contributed by atoms with E-state index in [0.29, 0.717) is 28.4 Å². The average molecular weight is 377 g/mol. The van der Waals surface area contributed by atoms with Gasteiger partial charge in [0.05, 0.1) is 11.6 Å². The molecule has 28 heavy (non-hydrogen) atoms. The van der Waals surface area contributed by atoms with Gasteiger partial charge in [-0.3, -0.25) is 9.78 Å². The van der Waals surface area contributed by atoms with Crippen molar-refractivity contribution in [2.24, 2.45) is 22.2 Å². The number of anilines is 1. The second-order valence-electron chi connectivity index (χ2n) is 10.0. The van der Waals surface area contributed by atoms with E-state index >= 15 is 0 Å². The monoisotopic (exact) mass is 377 g/mol. The van der Waals surface area contributed by atoms with Crippen LogP contribution >= 0.6 is 0 Å². The van der Waals surface area contributed by atoms with Crippen molar-refractivity contribution in [3.63, 3.8) is 0 Å². The summed E-state index contributed by atoms with van der Waals surface area (Å²) >= 11 is 0. The number of hydrogen-bond donors (Lipinski definition) is 1. The summed E-state index contributed by atoms with van der Waals surface area (Å²) in [5.41, 5.74) is 1.20. The van der Waals surface area contributed by atoms with Crippen molar-refractivity contribution in [1.82, 2.24) is 9.97 Å². The van der Waals surface area contributed by atoms with Crippen LogP contribution in [0.25, 0.3) is 0 Å². The summed E-state index contributed by atoms with van der Waals surface area (Å²) in [6, 6.07) is 7.53. The second-order valence-corrected chi connectivity index (χ2v) is 10.0. The van der Waals surface area contributed by atoms with Gasteiger partial charge in [-0.1, -0.05) is 19.9 Å². The molecule has 6 rings (SSSR count). The molecule has 4 aliphatic carbocycles. The summed E-state index contributed by atoms with van der Waals surface area (Å²) in [5, 5.41) is 3.20. The molecule has 1 heterocycles. The molecule has 2 atom stereocenters. The van der Waals surface area contributed by atoms with Crippen LogP contribution in [0.1, 0.15) is 52.4 Å². The molecule has 0 saturated heterocycles. The highest BCUT2D eigenvalue weighted by Crippen LogP contribution is 2.69. The van der Waals surface area contributed by atoms with Gasteiger partial charge in [0, 0.05) is 24.1 Å². The number of amides is 1. The molecular weight excluding hydrogens is 350 g/mol. The maximum absolute atomic E-state index is 13.4. The van der Waals surface area contributed by atoms with E-state index in [4.69, 9.17) is 4.74 Å². The van der Waals surface area contributed by atoms with E-state index in [1.54, 1.807) is 18.6 Å². The zero-order valence-corrected chi connectivity index (χ0v) is 16.6.